The molecule has 2 rings (SSSR count). The van der Waals surface area contributed by atoms with Crippen molar-refractivity contribution in [1.82, 2.24) is 9.88 Å². The molecule has 0 amide bonds. The van der Waals surface area contributed by atoms with E-state index in [1.165, 1.54) is 12.8 Å². The lowest BCUT2D eigenvalue weighted by molar-refractivity contribution is 0.247. The number of nitrogens with two attached hydrogens (primary N) is 1. The molecule has 1 aliphatic rings. The highest BCUT2D eigenvalue weighted by Crippen LogP contribution is 2.19. The van der Waals surface area contributed by atoms with E-state index in [1.54, 1.807) is 12.3 Å². The van der Waals surface area contributed by atoms with E-state index in [2.05, 4.69) is 9.88 Å². The van der Waals surface area contributed by atoms with E-state index in [0.717, 1.165) is 30.4 Å². The summed E-state index contributed by atoms with van der Waals surface area (Å²) in [5.41, 5.74) is 6.75. The maximum absolute atomic E-state index is 5.92. The minimum Gasteiger partial charge on any atom is -0.329 e. The molecule has 0 aliphatic carbocycles. The van der Waals surface area contributed by atoms with Crippen molar-refractivity contribution in [3.63, 3.8) is 0 Å². The lowest BCUT2D eigenvalue weighted by Gasteiger charge is -2.22. The van der Waals surface area contributed by atoms with Crippen molar-refractivity contribution in [1.29, 1.82) is 0 Å². The molecule has 0 spiro atoms. The largest absolute Gasteiger partial charge is 0.329 e. The van der Waals surface area contributed by atoms with Crippen LogP contribution in [0.4, 0.5) is 0 Å². The van der Waals surface area contributed by atoms with Gasteiger partial charge in [0.2, 0.25) is 0 Å². The Labute approximate surface area is 95.2 Å². The molecule has 1 atom stereocenters. The average Bonchev–Trinajstić information content (AvgIpc) is 2.65. The van der Waals surface area contributed by atoms with Crippen molar-refractivity contribution in [2.45, 2.75) is 25.4 Å². The van der Waals surface area contributed by atoms with Gasteiger partial charge in [-0.2, -0.15) is 0 Å². The lowest BCUT2D eigenvalue weighted by atomic mass is 10.2. The summed E-state index contributed by atoms with van der Waals surface area (Å²) >= 11 is 5.92. The Bertz CT molecular complexity index is 329. The molecule has 3 nitrogen and oxygen atoms in total. The van der Waals surface area contributed by atoms with Gasteiger partial charge < -0.3 is 5.73 Å². The molecule has 2 N–H and O–H groups in total. The maximum atomic E-state index is 5.92. The Kier molecular flexibility index (Phi) is 3.57. The highest BCUT2D eigenvalue weighted by atomic mass is 35.5. The first kappa shape index (κ1) is 10.9. The molecule has 1 fully saturated rings. The topological polar surface area (TPSA) is 42.1 Å². The van der Waals surface area contributed by atoms with Crippen molar-refractivity contribution in [3.05, 3.63) is 29.0 Å². The summed E-state index contributed by atoms with van der Waals surface area (Å²) in [6, 6.07) is 4.24. The standard InChI is InChI=1S/C11H16ClN3/c12-9-3-4-14-10(6-9)8-15-5-1-2-11(15)7-13/h3-4,6,11H,1-2,5,7-8,13H2. The molecule has 15 heavy (non-hydrogen) atoms. The molecule has 1 unspecified atom stereocenters. The fourth-order valence-corrected chi connectivity index (χ4v) is 2.30. The van der Waals surface area contributed by atoms with Gasteiger partial charge in [-0.05, 0) is 31.5 Å². The molecule has 1 aromatic heterocycles. The number of hydrogen-bond acceptors (Lipinski definition) is 3. The number of rotatable bonds is 3. The van der Waals surface area contributed by atoms with Crippen LogP contribution in [0.2, 0.25) is 5.02 Å². The lowest BCUT2D eigenvalue weighted by Crippen LogP contribution is -2.35. The summed E-state index contributed by atoms with van der Waals surface area (Å²) in [5, 5.41) is 0.753. The summed E-state index contributed by atoms with van der Waals surface area (Å²) < 4.78 is 0. The van der Waals surface area contributed by atoms with Crippen LogP contribution in [0.25, 0.3) is 0 Å². The van der Waals surface area contributed by atoms with Crippen molar-refractivity contribution < 1.29 is 0 Å². The molecule has 82 valence electrons. The van der Waals surface area contributed by atoms with Gasteiger partial charge in [-0.15, -0.1) is 0 Å². The van der Waals surface area contributed by atoms with E-state index < -0.39 is 0 Å². The zero-order valence-corrected chi connectivity index (χ0v) is 9.45. The Morgan fingerprint density at radius 3 is 3.20 bits per heavy atom. The third kappa shape index (κ3) is 2.68. The Balaban J connectivity index is 2.02. The Morgan fingerprint density at radius 2 is 2.47 bits per heavy atom. The zero-order chi connectivity index (χ0) is 10.7. The van der Waals surface area contributed by atoms with Gasteiger partial charge in [0.05, 0.1) is 5.69 Å². The van der Waals surface area contributed by atoms with Crippen LogP contribution in [0.15, 0.2) is 18.3 Å². The van der Waals surface area contributed by atoms with E-state index >= 15 is 0 Å². The summed E-state index contributed by atoms with van der Waals surface area (Å²) in [5.74, 6) is 0. The van der Waals surface area contributed by atoms with Crippen molar-refractivity contribution in [2.75, 3.05) is 13.1 Å². The van der Waals surface area contributed by atoms with Crippen LogP contribution in [0.3, 0.4) is 0 Å². The van der Waals surface area contributed by atoms with E-state index in [0.29, 0.717) is 6.04 Å². The van der Waals surface area contributed by atoms with Crippen molar-refractivity contribution in [2.24, 2.45) is 5.73 Å². The Morgan fingerprint density at radius 1 is 1.60 bits per heavy atom. The van der Waals surface area contributed by atoms with Crippen molar-refractivity contribution >= 4 is 11.6 Å². The van der Waals surface area contributed by atoms with Crippen LogP contribution in [-0.4, -0.2) is 29.0 Å². The molecule has 0 aromatic carbocycles. The summed E-state index contributed by atoms with van der Waals surface area (Å²) in [7, 11) is 0. The molecule has 0 radical (unpaired) electrons. The highest BCUT2D eigenvalue weighted by molar-refractivity contribution is 6.30. The fourth-order valence-electron chi connectivity index (χ4n) is 2.11. The number of nitrogens with zero attached hydrogens (tertiary/aromatic N) is 2. The molecule has 1 saturated heterocycles. The molecule has 1 aliphatic heterocycles. The van der Waals surface area contributed by atoms with Crippen LogP contribution in [0.1, 0.15) is 18.5 Å². The number of hydrogen-bond donors (Lipinski definition) is 1. The Hall–Kier alpha value is -0.640. The predicted molar refractivity (Wildman–Crippen MR) is 61.7 cm³/mol. The van der Waals surface area contributed by atoms with Gasteiger partial charge in [0.1, 0.15) is 0 Å². The molecule has 2 heterocycles. The van der Waals surface area contributed by atoms with Gasteiger partial charge >= 0.3 is 0 Å². The van der Waals surface area contributed by atoms with E-state index in [4.69, 9.17) is 17.3 Å². The normalized spacial score (nSPS) is 22.1. The smallest absolute Gasteiger partial charge is 0.0558 e. The quantitative estimate of drug-likeness (QED) is 0.851. The highest BCUT2D eigenvalue weighted by Gasteiger charge is 2.23. The van der Waals surface area contributed by atoms with Gasteiger partial charge in [0, 0.05) is 30.4 Å². The second-order valence-corrected chi connectivity index (χ2v) is 4.40. The number of pyridine rings is 1. The van der Waals surface area contributed by atoms with Gasteiger partial charge in [0.15, 0.2) is 0 Å². The molecule has 4 heteroatoms. The fraction of sp³-hybridized carbons (Fsp3) is 0.545. The minimum absolute atomic E-state index is 0.519. The van der Waals surface area contributed by atoms with Gasteiger partial charge in [0.25, 0.3) is 0 Å². The first-order valence-electron chi connectivity index (χ1n) is 5.34. The number of likely N-dealkylation sites (tertiary alicyclic amines) is 1. The van der Waals surface area contributed by atoms with Crippen LogP contribution >= 0.6 is 11.6 Å². The van der Waals surface area contributed by atoms with E-state index in [-0.39, 0.29) is 0 Å². The molecular formula is C11H16ClN3. The molecule has 0 saturated carbocycles. The predicted octanol–water partition coefficient (Wildman–Crippen LogP) is 1.66. The summed E-state index contributed by atoms with van der Waals surface area (Å²) in [6.45, 7) is 2.72. The minimum atomic E-state index is 0.519. The van der Waals surface area contributed by atoms with Crippen LogP contribution in [-0.2, 0) is 6.54 Å². The van der Waals surface area contributed by atoms with Gasteiger partial charge in [-0.3, -0.25) is 9.88 Å². The third-order valence-electron chi connectivity index (χ3n) is 2.91. The van der Waals surface area contributed by atoms with Gasteiger partial charge in [-0.1, -0.05) is 11.6 Å². The first-order valence-corrected chi connectivity index (χ1v) is 5.72. The van der Waals surface area contributed by atoms with Crippen LogP contribution < -0.4 is 5.73 Å². The van der Waals surface area contributed by atoms with Crippen molar-refractivity contribution in [3.8, 4) is 0 Å². The van der Waals surface area contributed by atoms with E-state index in [9.17, 15) is 0 Å². The second kappa shape index (κ2) is 4.92. The monoisotopic (exact) mass is 225 g/mol. The first-order chi connectivity index (χ1) is 7.29. The summed E-state index contributed by atoms with van der Waals surface area (Å²) in [6.07, 6.45) is 4.20. The molecule has 1 aromatic rings. The molecule has 0 bridgehead atoms. The van der Waals surface area contributed by atoms with E-state index in [1.807, 2.05) is 6.07 Å². The van der Waals surface area contributed by atoms with Crippen LogP contribution in [0, 0.1) is 0 Å². The summed E-state index contributed by atoms with van der Waals surface area (Å²) in [4.78, 5) is 6.69. The average molecular weight is 226 g/mol. The number of halogens is 1. The van der Waals surface area contributed by atoms with Gasteiger partial charge in [-0.25, -0.2) is 0 Å². The SMILES string of the molecule is NCC1CCCN1Cc1cc(Cl)ccn1. The van der Waals surface area contributed by atoms with Crippen LogP contribution in [0.5, 0.6) is 0 Å². The molecular weight excluding hydrogens is 210 g/mol. The second-order valence-electron chi connectivity index (χ2n) is 3.97. The maximum Gasteiger partial charge on any atom is 0.0558 e. The zero-order valence-electron chi connectivity index (χ0n) is 8.69. The number of aromatic nitrogens is 1. The third-order valence-corrected chi connectivity index (χ3v) is 3.15.